The van der Waals surface area contributed by atoms with Crippen LogP contribution in [-0.4, -0.2) is 40.3 Å². The number of amides is 1. The molecule has 1 N–H and O–H groups in total. The molecular weight excluding hydrogens is 423 g/mol. The molecule has 1 amide bonds. The minimum Gasteiger partial charge on any atom is -0.497 e. The van der Waals surface area contributed by atoms with Crippen molar-refractivity contribution in [1.82, 2.24) is 5.32 Å². The van der Waals surface area contributed by atoms with Gasteiger partial charge in [0.05, 0.1) is 24.1 Å². The SMILES string of the molecule is COc1ccc(CCNC(=O)[C@@H](C)N(c2cc(Cl)ccc2Cl)S(C)(=O)=O)cc1. The lowest BCUT2D eigenvalue weighted by Gasteiger charge is -2.29. The molecule has 0 radical (unpaired) electrons. The Morgan fingerprint density at radius 2 is 1.82 bits per heavy atom. The molecule has 0 saturated heterocycles. The first-order valence-electron chi connectivity index (χ1n) is 8.48. The van der Waals surface area contributed by atoms with Crippen LogP contribution in [0.2, 0.25) is 10.0 Å². The second-order valence-corrected chi connectivity index (χ2v) is 8.92. The van der Waals surface area contributed by atoms with Gasteiger partial charge in [-0.2, -0.15) is 0 Å². The van der Waals surface area contributed by atoms with E-state index in [4.69, 9.17) is 27.9 Å². The molecule has 0 aliphatic heterocycles. The third-order valence-corrected chi connectivity index (χ3v) is 5.89. The molecule has 2 aromatic rings. The van der Waals surface area contributed by atoms with Crippen molar-refractivity contribution in [1.29, 1.82) is 0 Å². The second kappa shape index (κ2) is 9.49. The van der Waals surface area contributed by atoms with E-state index < -0.39 is 22.0 Å². The summed E-state index contributed by atoms with van der Waals surface area (Å²) < 4.78 is 30.7. The van der Waals surface area contributed by atoms with Crippen molar-refractivity contribution in [3.8, 4) is 5.75 Å². The number of hydrogen-bond donors (Lipinski definition) is 1. The Labute approximate surface area is 175 Å². The van der Waals surface area contributed by atoms with Gasteiger partial charge in [0.15, 0.2) is 0 Å². The van der Waals surface area contributed by atoms with Gasteiger partial charge in [0, 0.05) is 11.6 Å². The maximum Gasteiger partial charge on any atom is 0.243 e. The lowest BCUT2D eigenvalue weighted by atomic mass is 10.1. The van der Waals surface area contributed by atoms with Crippen molar-refractivity contribution in [2.24, 2.45) is 0 Å². The van der Waals surface area contributed by atoms with Crippen LogP contribution in [0.1, 0.15) is 12.5 Å². The Balaban J connectivity index is 2.10. The number of rotatable bonds is 8. The van der Waals surface area contributed by atoms with Gasteiger partial charge in [-0.25, -0.2) is 8.42 Å². The molecule has 0 aliphatic rings. The van der Waals surface area contributed by atoms with Gasteiger partial charge in [0.2, 0.25) is 15.9 Å². The molecule has 2 rings (SSSR count). The number of carbonyl (C=O) groups excluding carboxylic acids is 1. The fraction of sp³-hybridized carbons (Fsp3) is 0.316. The predicted molar refractivity (Wildman–Crippen MR) is 113 cm³/mol. The van der Waals surface area contributed by atoms with Gasteiger partial charge in [-0.15, -0.1) is 0 Å². The molecule has 0 unspecified atom stereocenters. The quantitative estimate of drug-likeness (QED) is 0.675. The predicted octanol–water partition coefficient (Wildman–Crippen LogP) is 3.52. The van der Waals surface area contributed by atoms with E-state index in [1.54, 1.807) is 13.2 Å². The summed E-state index contributed by atoms with van der Waals surface area (Å²) in [6.07, 6.45) is 1.62. The van der Waals surface area contributed by atoms with Crippen molar-refractivity contribution in [2.45, 2.75) is 19.4 Å². The summed E-state index contributed by atoms with van der Waals surface area (Å²) >= 11 is 12.1. The number of ether oxygens (including phenoxy) is 1. The van der Waals surface area contributed by atoms with Gasteiger partial charge in [-0.05, 0) is 49.2 Å². The number of carbonyl (C=O) groups is 1. The van der Waals surface area contributed by atoms with Crippen LogP contribution in [0, 0.1) is 0 Å². The van der Waals surface area contributed by atoms with Gasteiger partial charge in [-0.3, -0.25) is 9.10 Å². The number of anilines is 1. The maximum atomic E-state index is 12.6. The smallest absolute Gasteiger partial charge is 0.243 e. The standard InChI is InChI=1S/C19H22Cl2N2O4S/c1-13(19(24)22-11-10-14-4-7-16(27-2)8-5-14)23(28(3,25)26)18-12-15(20)6-9-17(18)21/h4-9,12-13H,10-11H2,1-3H3,(H,22,24)/t13-/m1/s1. The fourth-order valence-corrected chi connectivity index (χ4v) is 4.31. The van der Waals surface area contributed by atoms with E-state index in [0.717, 1.165) is 21.9 Å². The number of nitrogens with one attached hydrogen (secondary N) is 1. The number of nitrogens with zero attached hydrogens (tertiary/aromatic N) is 1. The molecule has 9 heteroatoms. The largest absolute Gasteiger partial charge is 0.497 e. The second-order valence-electron chi connectivity index (χ2n) is 6.22. The lowest BCUT2D eigenvalue weighted by molar-refractivity contribution is -0.121. The van der Waals surface area contributed by atoms with Gasteiger partial charge in [0.25, 0.3) is 0 Å². The highest BCUT2D eigenvalue weighted by atomic mass is 35.5. The number of hydrogen-bond acceptors (Lipinski definition) is 4. The van der Waals surface area contributed by atoms with Crippen LogP contribution in [0.15, 0.2) is 42.5 Å². The van der Waals surface area contributed by atoms with Crippen LogP contribution in [0.25, 0.3) is 0 Å². The van der Waals surface area contributed by atoms with E-state index in [0.29, 0.717) is 18.0 Å². The zero-order chi connectivity index (χ0) is 20.9. The summed E-state index contributed by atoms with van der Waals surface area (Å²) in [5.74, 6) is 0.318. The number of sulfonamides is 1. The van der Waals surface area contributed by atoms with Gasteiger partial charge in [-0.1, -0.05) is 35.3 Å². The van der Waals surface area contributed by atoms with E-state index >= 15 is 0 Å². The van der Waals surface area contributed by atoms with Crippen LogP contribution < -0.4 is 14.4 Å². The van der Waals surface area contributed by atoms with Crippen molar-refractivity contribution < 1.29 is 17.9 Å². The van der Waals surface area contributed by atoms with Crippen LogP contribution >= 0.6 is 23.2 Å². The third-order valence-electron chi connectivity index (χ3n) is 4.11. The molecule has 0 bridgehead atoms. The summed E-state index contributed by atoms with van der Waals surface area (Å²) in [5, 5.41) is 3.27. The summed E-state index contributed by atoms with van der Waals surface area (Å²) in [5.41, 5.74) is 1.18. The number of methoxy groups -OCH3 is 1. The Kier molecular flexibility index (Phi) is 7.57. The molecule has 6 nitrogen and oxygen atoms in total. The minimum atomic E-state index is -3.77. The molecule has 0 saturated carbocycles. The molecule has 0 fully saturated rings. The van der Waals surface area contributed by atoms with Crippen molar-refractivity contribution in [3.05, 3.63) is 58.1 Å². The zero-order valence-electron chi connectivity index (χ0n) is 15.8. The topological polar surface area (TPSA) is 75.7 Å². The van der Waals surface area contributed by atoms with Crippen LogP contribution in [-0.2, 0) is 21.2 Å². The van der Waals surface area contributed by atoms with Crippen molar-refractivity contribution in [3.63, 3.8) is 0 Å². The lowest BCUT2D eigenvalue weighted by Crippen LogP contribution is -2.48. The fourth-order valence-electron chi connectivity index (χ4n) is 2.71. The normalized spacial score (nSPS) is 12.3. The van der Waals surface area contributed by atoms with Crippen LogP contribution in [0.4, 0.5) is 5.69 Å². The first kappa shape index (κ1) is 22.3. The summed E-state index contributed by atoms with van der Waals surface area (Å²) in [6.45, 7) is 1.86. The highest BCUT2D eigenvalue weighted by Crippen LogP contribution is 2.32. The van der Waals surface area contributed by atoms with Crippen LogP contribution in [0.3, 0.4) is 0 Å². The minimum absolute atomic E-state index is 0.162. The van der Waals surface area contributed by atoms with Crippen molar-refractivity contribution >= 4 is 44.8 Å². The monoisotopic (exact) mass is 444 g/mol. The van der Waals surface area contributed by atoms with Gasteiger partial charge < -0.3 is 10.1 Å². The first-order chi connectivity index (χ1) is 13.1. The van der Waals surface area contributed by atoms with E-state index in [9.17, 15) is 13.2 Å². The van der Waals surface area contributed by atoms with E-state index in [1.165, 1.54) is 19.1 Å². The Hall–Kier alpha value is -1.96. The maximum absolute atomic E-state index is 12.6. The average molecular weight is 445 g/mol. The first-order valence-corrected chi connectivity index (χ1v) is 11.1. The number of halogens is 2. The van der Waals surface area contributed by atoms with E-state index in [1.807, 2.05) is 24.3 Å². The molecule has 0 aliphatic carbocycles. The molecule has 0 spiro atoms. The third kappa shape index (κ3) is 5.77. The molecule has 0 aromatic heterocycles. The molecule has 2 aromatic carbocycles. The van der Waals surface area contributed by atoms with Gasteiger partial charge >= 0.3 is 0 Å². The molecular formula is C19H22Cl2N2O4S. The highest BCUT2D eigenvalue weighted by molar-refractivity contribution is 7.92. The summed E-state index contributed by atoms with van der Waals surface area (Å²) in [6, 6.07) is 11.0. The molecule has 1 atom stereocenters. The van der Waals surface area contributed by atoms with E-state index in [2.05, 4.69) is 5.32 Å². The highest BCUT2D eigenvalue weighted by Gasteiger charge is 2.30. The number of benzene rings is 2. The Bertz CT molecular complexity index is 933. The molecule has 28 heavy (non-hydrogen) atoms. The van der Waals surface area contributed by atoms with E-state index in [-0.39, 0.29) is 10.7 Å². The van der Waals surface area contributed by atoms with Crippen molar-refractivity contribution in [2.75, 3.05) is 24.2 Å². The summed E-state index contributed by atoms with van der Waals surface area (Å²) in [4.78, 5) is 12.6. The molecule has 152 valence electrons. The molecule has 0 heterocycles. The van der Waals surface area contributed by atoms with Gasteiger partial charge in [0.1, 0.15) is 11.8 Å². The Morgan fingerprint density at radius 3 is 2.39 bits per heavy atom. The zero-order valence-corrected chi connectivity index (χ0v) is 18.1. The Morgan fingerprint density at radius 1 is 1.18 bits per heavy atom. The summed E-state index contributed by atoms with van der Waals surface area (Å²) in [7, 11) is -2.18. The van der Waals surface area contributed by atoms with Crippen LogP contribution in [0.5, 0.6) is 5.75 Å². The average Bonchev–Trinajstić information content (AvgIpc) is 2.64.